The second-order valence-corrected chi connectivity index (χ2v) is 3.71. The summed E-state index contributed by atoms with van der Waals surface area (Å²) >= 11 is 0. The zero-order valence-electron chi connectivity index (χ0n) is 8.92. The molecule has 1 heterocycles. The lowest BCUT2D eigenvalue weighted by Crippen LogP contribution is -2.38. The minimum atomic E-state index is 0.661. The third-order valence-electron chi connectivity index (χ3n) is 2.43. The maximum atomic E-state index is 5.04. The van der Waals surface area contributed by atoms with Gasteiger partial charge in [0.05, 0.1) is 5.71 Å². The Hall–Kier alpha value is -0.570. The van der Waals surface area contributed by atoms with Crippen LogP contribution < -0.4 is 0 Å². The molecule has 76 valence electrons. The second-order valence-electron chi connectivity index (χ2n) is 3.71. The number of piperidine rings is 1. The van der Waals surface area contributed by atoms with E-state index in [4.69, 9.17) is 4.84 Å². The average Bonchev–Trinajstić information content (AvgIpc) is 2.15. The van der Waals surface area contributed by atoms with E-state index in [0.29, 0.717) is 12.6 Å². The van der Waals surface area contributed by atoms with E-state index >= 15 is 0 Å². The van der Waals surface area contributed by atoms with E-state index in [1.54, 1.807) is 0 Å². The Morgan fingerprint density at radius 3 is 2.46 bits per heavy atom. The molecular weight excluding hydrogens is 164 g/mol. The van der Waals surface area contributed by atoms with Gasteiger partial charge in [-0.05, 0) is 20.8 Å². The molecule has 0 bridgehead atoms. The van der Waals surface area contributed by atoms with Gasteiger partial charge in [-0.15, -0.1) is 0 Å². The zero-order valence-corrected chi connectivity index (χ0v) is 8.92. The first kappa shape index (κ1) is 10.5. The van der Waals surface area contributed by atoms with Crippen LogP contribution in [-0.2, 0) is 4.84 Å². The van der Waals surface area contributed by atoms with Crippen molar-refractivity contribution in [2.75, 3.05) is 19.7 Å². The van der Waals surface area contributed by atoms with Crippen molar-refractivity contribution in [1.82, 2.24) is 4.90 Å². The van der Waals surface area contributed by atoms with Crippen LogP contribution in [0, 0.1) is 0 Å². The predicted molar refractivity (Wildman–Crippen MR) is 55.0 cm³/mol. The molecule has 1 aliphatic heterocycles. The van der Waals surface area contributed by atoms with E-state index in [-0.39, 0.29) is 0 Å². The summed E-state index contributed by atoms with van der Waals surface area (Å²) in [7, 11) is 0. The highest BCUT2D eigenvalue weighted by Crippen LogP contribution is 2.10. The number of likely N-dealkylation sites (tertiary alicyclic amines) is 1. The van der Waals surface area contributed by atoms with Crippen LogP contribution in [0.15, 0.2) is 5.16 Å². The molecule has 0 radical (unpaired) electrons. The van der Waals surface area contributed by atoms with Crippen molar-refractivity contribution in [2.45, 2.75) is 39.7 Å². The molecule has 0 N–H and O–H groups in total. The van der Waals surface area contributed by atoms with Gasteiger partial charge in [0.25, 0.3) is 0 Å². The van der Waals surface area contributed by atoms with Gasteiger partial charge in [0, 0.05) is 32.0 Å². The molecule has 0 amide bonds. The quantitative estimate of drug-likeness (QED) is 0.626. The molecule has 0 unspecified atom stereocenters. The number of oxime groups is 1. The monoisotopic (exact) mass is 184 g/mol. The van der Waals surface area contributed by atoms with E-state index in [0.717, 1.165) is 25.9 Å². The van der Waals surface area contributed by atoms with Crippen LogP contribution >= 0.6 is 0 Å². The molecule has 1 saturated heterocycles. The van der Waals surface area contributed by atoms with Crippen molar-refractivity contribution < 1.29 is 4.84 Å². The van der Waals surface area contributed by atoms with E-state index in [1.165, 1.54) is 5.71 Å². The van der Waals surface area contributed by atoms with E-state index in [1.807, 2.05) is 6.92 Å². The summed E-state index contributed by atoms with van der Waals surface area (Å²) in [5.74, 6) is 0. The number of nitrogens with zero attached hydrogens (tertiary/aromatic N) is 2. The molecule has 0 aromatic rings. The van der Waals surface area contributed by atoms with Gasteiger partial charge in [0.1, 0.15) is 6.61 Å². The highest BCUT2D eigenvalue weighted by atomic mass is 16.6. The van der Waals surface area contributed by atoms with Crippen molar-refractivity contribution in [2.24, 2.45) is 5.16 Å². The normalized spacial score (nSPS) is 19.2. The van der Waals surface area contributed by atoms with Crippen LogP contribution in [-0.4, -0.2) is 36.3 Å². The van der Waals surface area contributed by atoms with Crippen LogP contribution in [0.1, 0.15) is 33.6 Å². The van der Waals surface area contributed by atoms with Gasteiger partial charge < -0.3 is 9.74 Å². The SMILES string of the molecule is CCON=C1CCN(C(C)C)CC1. The number of hydrogen-bond acceptors (Lipinski definition) is 3. The zero-order chi connectivity index (χ0) is 9.68. The third kappa shape index (κ3) is 3.35. The lowest BCUT2D eigenvalue weighted by molar-refractivity contribution is 0.152. The van der Waals surface area contributed by atoms with Crippen molar-refractivity contribution in [3.8, 4) is 0 Å². The fourth-order valence-corrected chi connectivity index (χ4v) is 1.55. The Labute approximate surface area is 80.7 Å². The molecule has 0 aromatic heterocycles. The molecule has 13 heavy (non-hydrogen) atoms. The third-order valence-corrected chi connectivity index (χ3v) is 2.43. The lowest BCUT2D eigenvalue weighted by atomic mass is 10.1. The summed E-state index contributed by atoms with van der Waals surface area (Å²) < 4.78 is 0. The minimum absolute atomic E-state index is 0.661. The lowest BCUT2D eigenvalue weighted by Gasteiger charge is -2.30. The number of hydrogen-bond donors (Lipinski definition) is 0. The first-order valence-electron chi connectivity index (χ1n) is 5.15. The van der Waals surface area contributed by atoms with Gasteiger partial charge in [0.2, 0.25) is 0 Å². The van der Waals surface area contributed by atoms with Gasteiger partial charge >= 0.3 is 0 Å². The Morgan fingerprint density at radius 1 is 1.38 bits per heavy atom. The van der Waals surface area contributed by atoms with Crippen molar-refractivity contribution in [1.29, 1.82) is 0 Å². The summed E-state index contributed by atoms with van der Waals surface area (Å²) in [5.41, 5.74) is 1.22. The minimum Gasteiger partial charge on any atom is -0.396 e. The predicted octanol–water partition coefficient (Wildman–Crippen LogP) is 1.88. The molecule has 0 atom stereocenters. The van der Waals surface area contributed by atoms with E-state index < -0.39 is 0 Å². The van der Waals surface area contributed by atoms with Gasteiger partial charge in [-0.1, -0.05) is 5.16 Å². The summed E-state index contributed by atoms with van der Waals surface area (Å²) in [4.78, 5) is 7.52. The standard InChI is InChI=1S/C10H20N2O/c1-4-13-11-10-5-7-12(8-6-10)9(2)3/h9H,4-8H2,1-3H3. The average molecular weight is 184 g/mol. The van der Waals surface area contributed by atoms with Gasteiger partial charge in [0.15, 0.2) is 0 Å². The van der Waals surface area contributed by atoms with Crippen LogP contribution in [0.2, 0.25) is 0 Å². The topological polar surface area (TPSA) is 24.8 Å². The highest BCUT2D eigenvalue weighted by Gasteiger charge is 2.17. The summed E-state index contributed by atoms with van der Waals surface area (Å²) in [5, 5.41) is 4.09. The maximum Gasteiger partial charge on any atom is 0.114 e. The van der Waals surface area contributed by atoms with E-state index in [2.05, 4.69) is 23.9 Å². The summed E-state index contributed by atoms with van der Waals surface area (Å²) in [6.07, 6.45) is 2.14. The van der Waals surface area contributed by atoms with Crippen LogP contribution in [0.25, 0.3) is 0 Å². The molecule has 1 fully saturated rings. The van der Waals surface area contributed by atoms with Crippen molar-refractivity contribution >= 4 is 5.71 Å². The first-order valence-corrected chi connectivity index (χ1v) is 5.15. The Kier molecular flexibility index (Phi) is 4.22. The molecule has 0 aliphatic carbocycles. The molecule has 1 aliphatic rings. The fraction of sp³-hybridized carbons (Fsp3) is 0.900. The van der Waals surface area contributed by atoms with Crippen LogP contribution in [0.3, 0.4) is 0 Å². The van der Waals surface area contributed by atoms with Crippen LogP contribution in [0.5, 0.6) is 0 Å². The Bertz CT molecular complexity index is 168. The molecule has 3 heteroatoms. The molecule has 0 saturated carbocycles. The molecule has 1 rings (SSSR count). The summed E-state index contributed by atoms with van der Waals surface area (Å²) in [6.45, 7) is 9.38. The Morgan fingerprint density at radius 2 is 2.00 bits per heavy atom. The van der Waals surface area contributed by atoms with Gasteiger partial charge in [-0.3, -0.25) is 0 Å². The molecule has 0 aromatic carbocycles. The molecule has 3 nitrogen and oxygen atoms in total. The highest BCUT2D eigenvalue weighted by molar-refractivity contribution is 5.84. The van der Waals surface area contributed by atoms with Crippen molar-refractivity contribution in [3.63, 3.8) is 0 Å². The first-order chi connectivity index (χ1) is 6.24. The number of rotatable bonds is 3. The Balaban J connectivity index is 2.30. The smallest absolute Gasteiger partial charge is 0.114 e. The second kappa shape index (κ2) is 5.22. The van der Waals surface area contributed by atoms with Gasteiger partial charge in [-0.2, -0.15) is 0 Å². The largest absolute Gasteiger partial charge is 0.396 e. The molecule has 0 spiro atoms. The van der Waals surface area contributed by atoms with Crippen molar-refractivity contribution in [3.05, 3.63) is 0 Å². The van der Waals surface area contributed by atoms with Crippen LogP contribution in [0.4, 0.5) is 0 Å². The fourth-order valence-electron chi connectivity index (χ4n) is 1.55. The van der Waals surface area contributed by atoms with E-state index in [9.17, 15) is 0 Å². The molecular formula is C10H20N2O. The van der Waals surface area contributed by atoms with Gasteiger partial charge in [-0.25, -0.2) is 0 Å². The maximum absolute atomic E-state index is 5.04. The summed E-state index contributed by atoms with van der Waals surface area (Å²) in [6, 6.07) is 0.661.